The average molecular weight is 373 g/mol. The predicted octanol–water partition coefficient (Wildman–Crippen LogP) is 0.781. The third-order valence-corrected chi connectivity index (χ3v) is 8.08. The molecule has 0 N–H and O–H groups in total. The molecule has 1 aliphatic rings. The van der Waals surface area contributed by atoms with E-state index in [0.29, 0.717) is 5.76 Å². The second kappa shape index (κ2) is 6.34. The number of sulfonamides is 1. The number of hydrogen-bond donors (Lipinski definition) is 0. The smallest absolute Gasteiger partial charge is 0.262 e. The first-order valence-corrected chi connectivity index (χ1v) is 10.7. The summed E-state index contributed by atoms with van der Waals surface area (Å²) in [4.78, 5) is 3.88. The van der Waals surface area contributed by atoms with E-state index >= 15 is 0 Å². The van der Waals surface area contributed by atoms with Gasteiger partial charge in [-0.2, -0.15) is 4.31 Å². The van der Waals surface area contributed by atoms with Crippen LogP contribution in [0, 0.1) is 0 Å². The van der Waals surface area contributed by atoms with Gasteiger partial charge in [0.2, 0.25) is 0 Å². The highest BCUT2D eigenvalue weighted by atomic mass is 32.2. The standard InChI is InChI=1S/C14H19N3O5S2/c1-16-9-14(15-11-16)24(20,21)17-6-4-13(5-7-17)23(18,19)10-12-3-2-8-22-12/h2-3,8-9,11,13H,4-7,10H2,1H3. The van der Waals surface area contributed by atoms with Crippen molar-refractivity contribution in [3.05, 3.63) is 36.7 Å². The lowest BCUT2D eigenvalue weighted by molar-refractivity contribution is 0.344. The van der Waals surface area contributed by atoms with Crippen LogP contribution in [-0.4, -0.2) is 49.0 Å². The van der Waals surface area contributed by atoms with Gasteiger partial charge in [0.1, 0.15) is 11.5 Å². The molecule has 3 heterocycles. The summed E-state index contributed by atoms with van der Waals surface area (Å²) in [7, 11) is -5.35. The summed E-state index contributed by atoms with van der Waals surface area (Å²) < 4.78 is 57.8. The Hall–Kier alpha value is -1.65. The Bertz CT molecular complexity index is 892. The van der Waals surface area contributed by atoms with Crippen molar-refractivity contribution in [1.82, 2.24) is 13.9 Å². The first kappa shape index (κ1) is 17.2. The molecule has 1 saturated heterocycles. The zero-order chi connectivity index (χ0) is 17.4. The normalized spacial score (nSPS) is 18.0. The maximum atomic E-state index is 12.5. The van der Waals surface area contributed by atoms with Crippen molar-refractivity contribution in [1.29, 1.82) is 0 Å². The van der Waals surface area contributed by atoms with E-state index in [4.69, 9.17) is 4.42 Å². The van der Waals surface area contributed by atoms with Crippen LogP contribution < -0.4 is 0 Å². The molecular weight excluding hydrogens is 354 g/mol. The summed E-state index contributed by atoms with van der Waals surface area (Å²) >= 11 is 0. The number of piperidine rings is 1. The quantitative estimate of drug-likeness (QED) is 0.767. The van der Waals surface area contributed by atoms with Crippen LogP contribution in [0.1, 0.15) is 18.6 Å². The molecule has 24 heavy (non-hydrogen) atoms. The number of imidazole rings is 1. The molecule has 0 unspecified atom stereocenters. The number of aryl methyl sites for hydroxylation is 1. The lowest BCUT2D eigenvalue weighted by Crippen LogP contribution is -2.42. The maximum Gasteiger partial charge on any atom is 0.262 e. The SMILES string of the molecule is Cn1cnc(S(=O)(=O)N2CCC(S(=O)(=O)Cc3ccco3)CC2)c1. The lowest BCUT2D eigenvalue weighted by Gasteiger charge is -2.30. The number of rotatable bonds is 5. The first-order chi connectivity index (χ1) is 11.3. The zero-order valence-electron chi connectivity index (χ0n) is 13.2. The average Bonchev–Trinajstić information content (AvgIpc) is 3.19. The number of nitrogens with zero attached hydrogens (tertiary/aromatic N) is 3. The Morgan fingerprint density at radius 2 is 1.96 bits per heavy atom. The van der Waals surface area contributed by atoms with Crippen LogP contribution in [0.15, 0.2) is 40.4 Å². The highest BCUT2D eigenvalue weighted by Gasteiger charge is 2.36. The molecule has 0 spiro atoms. The van der Waals surface area contributed by atoms with E-state index in [9.17, 15) is 16.8 Å². The lowest BCUT2D eigenvalue weighted by atomic mass is 10.2. The van der Waals surface area contributed by atoms with Crippen molar-refractivity contribution in [2.45, 2.75) is 28.9 Å². The molecule has 0 radical (unpaired) electrons. The van der Waals surface area contributed by atoms with E-state index in [0.717, 1.165) is 0 Å². The van der Waals surface area contributed by atoms with Gasteiger partial charge in [-0.1, -0.05) is 0 Å². The summed E-state index contributed by atoms with van der Waals surface area (Å²) in [6.45, 7) is 0.335. The molecule has 0 bridgehead atoms. The molecule has 2 aromatic rings. The van der Waals surface area contributed by atoms with E-state index in [-0.39, 0.29) is 36.7 Å². The molecular formula is C14H19N3O5S2. The van der Waals surface area contributed by atoms with Gasteiger partial charge in [0.15, 0.2) is 14.9 Å². The fraction of sp³-hybridized carbons (Fsp3) is 0.500. The monoisotopic (exact) mass is 373 g/mol. The van der Waals surface area contributed by atoms with Crippen LogP contribution in [0.5, 0.6) is 0 Å². The van der Waals surface area contributed by atoms with Gasteiger partial charge < -0.3 is 8.98 Å². The van der Waals surface area contributed by atoms with Gasteiger partial charge in [-0.25, -0.2) is 21.8 Å². The van der Waals surface area contributed by atoms with Crippen LogP contribution in [-0.2, 0) is 32.7 Å². The van der Waals surface area contributed by atoms with Gasteiger partial charge in [-0.15, -0.1) is 0 Å². The number of aromatic nitrogens is 2. The van der Waals surface area contributed by atoms with Crippen molar-refractivity contribution in [3.8, 4) is 0 Å². The van der Waals surface area contributed by atoms with E-state index in [1.54, 1.807) is 23.7 Å². The molecule has 3 rings (SSSR count). The molecule has 8 nitrogen and oxygen atoms in total. The van der Waals surface area contributed by atoms with Crippen molar-refractivity contribution in [2.24, 2.45) is 7.05 Å². The molecule has 0 aromatic carbocycles. The third-order valence-electron chi connectivity index (χ3n) is 4.12. The number of hydrogen-bond acceptors (Lipinski definition) is 6. The Kier molecular flexibility index (Phi) is 4.54. The van der Waals surface area contributed by atoms with Crippen LogP contribution in [0.25, 0.3) is 0 Å². The fourth-order valence-corrected chi connectivity index (χ4v) is 5.96. The molecule has 0 saturated carbocycles. The first-order valence-electron chi connectivity index (χ1n) is 7.51. The summed E-state index contributed by atoms with van der Waals surface area (Å²) in [5.41, 5.74) is 0. The molecule has 0 amide bonds. The predicted molar refractivity (Wildman–Crippen MR) is 86.3 cm³/mol. The topological polar surface area (TPSA) is 102 Å². The molecule has 0 atom stereocenters. The molecule has 10 heteroatoms. The molecule has 132 valence electrons. The van der Waals surface area contributed by atoms with E-state index < -0.39 is 25.1 Å². The fourth-order valence-electron chi connectivity index (χ4n) is 2.80. The van der Waals surface area contributed by atoms with Crippen molar-refractivity contribution in [3.63, 3.8) is 0 Å². The third kappa shape index (κ3) is 3.40. The Labute approximate surface area is 141 Å². The molecule has 1 fully saturated rings. The van der Waals surface area contributed by atoms with Gasteiger partial charge in [-0.05, 0) is 25.0 Å². The highest BCUT2D eigenvalue weighted by molar-refractivity contribution is 7.91. The van der Waals surface area contributed by atoms with Crippen molar-refractivity contribution < 1.29 is 21.3 Å². The summed E-state index contributed by atoms with van der Waals surface area (Å²) in [5.74, 6) is 0.246. The maximum absolute atomic E-state index is 12.5. The molecule has 2 aromatic heterocycles. The molecule has 1 aliphatic heterocycles. The summed E-state index contributed by atoms with van der Waals surface area (Å²) in [6, 6.07) is 3.27. The van der Waals surface area contributed by atoms with E-state index in [1.807, 2.05) is 0 Å². The minimum atomic E-state index is -3.67. The van der Waals surface area contributed by atoms with Crippen LogP contribution in [0.4, 0.5) is 0 Å². The van der Waals surface area contributed by atoms with Crippen LogP contribution in [0.2, 0.25) is 0 Å². The Morgan fingerprint density at radius 1 is 1.25 bits per heavy atom. The summed E-state index contributed by atoms with van der Waals surface area (Å²) in [5, 5.41) is -0.570. The van der Waals surface area contributed by atoms with Gasteiger partial charge >= 0.3 is 0 Å². The Balaban J connectivity index is 1.67. The van der Waals surface area contributed by atoms with Crippen LogP contribution in [0.3, 0.4) is 0 Å². The minimum absolute atomic E-state index is 0.0121. The van der Waals surface area contributed by atoms with Gasteiger partial charge in [-0.3, -0.25) is 0 Å². The molecule has 0 aliphatic carbocycles. The number of furan rings is 1. The van der Waals surface area contributed by atoms with E-state index in [1.165, 1.54) is 23.1 Å². The van der Waals surface area contributed by atoms with Crippen molar-refractivity contribution in [2.75, 3.05) is 13.1 Å². The highest BCUT2D eigenvalue weighted by Crippen LogP contribution is 2.25. The van der Waals surface area contributed by atoms with Crippen molar-refractivity contribution >= 4 is 19.9 Å². The van der Waals surface area contributed by atoms with Crippen LogP contribution >= 0.6 is 0 Å². The Morgan fingerprint density at radius 3 is 2.50 bits per heavy atom. The zero-order valence-corrected chi connectivity index (χ0v) is 14.8. The minimum Gasteiger partial charge on any atom is -0.468 e. The van der Waals surface area contributed by atoms with E-state index in [2.05, 4.69) is 4.98 Å². The van der Waals surface area contributed by atoms with Gasteiger partial charge in [0.05, 0.1) is 17.8 Å². The van der Waals surface area contributed by atoms with Gasteiger partial charge in [0.25, 0.3) is 10.0 Å². The summed E-state index contributed by atoms with van der Waals surface area (Å²) in [6.07, 6.45) is 4.85. The number of sulfone groups is 1. The largest absolute Gasteiger partial charge is 0.468 e. The second-order valence-electron chi connectivity index (χ2n) is 5.87. The van der Waals surface area contributed by atoms with Gasteiger partial charge in [0, 0.05) is 26.3 Å². The second-order valence-corrected chi connectivity index (χ2v) is 10.0.